The zero-order valence-electron chi connectivity index (χ0n) is 19.0. The van der Waals surface area contributed by atoms with Gasteiger partial charge in [-0.05, 0) is 60.5 Å². The summed E-state index contributed by atoms with van der Waals surface area (Å²) >= 11 is 0. The number of amides is 2. The summed E-state index contributed by atoms with van der Waals surface area (Å²) < 4.78 is 85.5. The van der Waals surface area contributed by atoms with Crippen LogP contribution in [0.4, 0.5) is 36.8 Å². The molecule has 8 nitrogen and oxygen atoms in total. The Morgan fingerprint density at radius 1 is 0.973 bits per heavy atom. The number of hydrogen-bond donors (Lipinski definition) is 2. The lowest BCUT2D eigenvalue weighted by molar-refractivity contribution is -0.139. The molecule has 2 fully saturated rings. The van der Waals surface area contributed by atoms with Crippen LogP contribution >= 0.6 is 0 Å². The first-order valence-corrected chi connectivity index (χ1v) is 11.4. The zero-order chi connectivity index (χ0) is 26.4. The van der Waals surface area contributed by atoms with Gasteiger partial charge in [0.05, 0.1) is 11.1 Å². The second kappa shape index (κ2) is 9.23. The largest absolute Gasteiger partial charge is 0.490 e. The highest BCUT2D eigenvalue weighted by Gasteiger charge is 2.45. The van der Waals surface area contributed by atoms with Crippen LogP contribution in [-0.4, -0.2) is 49.7 Å². The van der Waals surface area contributed by atoms with E-state index in [2.05, 4.69) is 25.9 Å². The molecular weight excluding hydrogens is 506 g/mol. The molecule has 37 heavy (non-hydrogen) atoms. The van der Waals surface area contributed by atoms with E-state index in [1.165, 1.54) is 24.3 Å². The van der Waals surface area contributed by atoms with E-state index in [1.54, 1.807) is 4.90 Å². The first-order valence-electron chi connectivity index (χ1n) is 11.4. The molecule has 0 spiro atoms. The van der Waals surface area contributed by atoms with E-state index >= 15 is 0 Å². The van der Waals surface area contributed by atoms with E-state index in [-0.39, 0.29) is 34.9 Å². The number of ether oxygens (including phenoxy) is 1. The lowest BCUT2D eigenvalue weighted by Gasteiger charge is -2.39. The summed E-state index contributed by atoms with van der Waals surface area (Å²) in [7, 11) is 0. The fourth-order valence-electron chi connectivity index (χ4n) is 4.94. The number of fused-ring (bicyclic) bond motifs is 2. The maximum Gasteiger partial charge on any atom is 0.419 e. The molecule has 2 aliphatic heterocycles. The van der Waals surface area contributed by atoms with Crippen molar-refractivity contribution in [2.45, 2.75) is 56.2 Å². The lowest BCUT2D eigenvalue weighted by atomic mass is 9.99. The third-order valence-corrected chi connectivity index (χ3v) is 6.57. The summed E-state index contributed by atoms with van der Waals surface area (Å²) in [6.45, 7) is 0. The van der Waals surface area contributed by atoms with Gasteiger partial charge in [0.1, 0.15) is 11.9 Å². The number of tetrazole rings is 1. The van der Waals surface area contributed by atoms with Gasteiger partial charge in [-0.3, -0.25) is 0 Å². The van der Waals surface area contributed by atoms with Crippen LogP contribution in [0.3, 0.4) is 0 Å². The number of H-pyrrole nitrogens is 1. The minimum Gasteiger partial charge on any atom is -0.490 e. The van der Waals surface area contributed by atoms with Gasteiger partial charge in [0.25, 0.3) is 0 Å². The summed E-state index contributed by atoms with van der Waals surface area (Å²) in [6, 6.07) is 6.64. The van der Waals surface area contributed by atoms with Gasteiger partial charge < -0.3 is 15.0 Å². The predicted molar refractivity (Wildman–Crippen MR) is 117 cm³/mol. The summed E-state index contributed by atoms with van der Waals surface area (Å²) in [4.78, 5) is 14.5. The number of aromatic amines is 1. The van der Waals surface area contributed by atoms with Crippen molar-refractivity contribution < 1.29 is 35.9 Å². The quantitative estimate of drug-likeness (QED) is 0.437. The van der Waals surface area contributed by atoms with E-state index in [1.807, 2.05) is 0 Å². The third-order valence-electron chi connectivity index (χ3n) is 6.57. The average molecular weight is 526 g/mol. The number of halogens is 6. The van der Waals surface area contributed by atoms with Gasteiger partial charge in [-0.2, -0.15) is 31.6 Å². The zero-order valence-corrected chi connectivity index (χ0v) is 19.0. The molecule has 2 amide bonds. The summed E-state index contributed by atoms with van der Waals surface area (Å²) in [6.07, 6.45) is -7.78. The smallest absolute Gasteiger partial charge is 0.419 e. The standard InChI is InChI=1S/C23H20F6N6O2/c24-22(25,26)13-2-4-14(5-3-13)30-21(36)35-15-6-7-16(35)11-17(10-15)37-19-8-1-12(20-31-33-34-32-20)9-18(19)23(27,28)29/h1-5,8-9,15-17H,6-7,10-11H2,(H,30,36)(H,31,32,33,34). The Bertz CT molecular complexity index is 1250. The molecule has 2 unspecified atom stereocenters. The van der Waals surface area contributed by atoms with Crippen LogP contribution < -0.4 is 10.1 Å². The van der Waals surface area contributed by atoms with Crippen LogP contribution in [0.1, 0.15) is 36.8 Å². The fraction of sp³-hybridized carbons (Fsp3) is 0.391. The normalized spacial score (nSPS) is 21.7. The molecule has 2 N–H and O–H groups in total. The van der Waals surface area contributed by atoms with Crippen molar-refractivity contribution in [2.75, 3.05) is 5.32 Å². The molecule has 3 heterocycles. The number of nitrogens with zero attached hydrogens (tertiary/aromatic N) is 4. The summed E-state index contributed by atoms with van der Waals surface area (Å²) in [5.74, 6) is -0.311. The molecule has 5 rings (SSSR count). The first kappa shape index (κ1) is 24.8. The van der Waals surface area contributed by atoms with Crippen LogP contribution in [0.2, 0.25) is 0 Å². The molecule has 0 radical (unpaired) electrons. The van der Waals surface area contributed by atoms with Gasteiger partial charge in [-0.25, -0.2) is 4.79 Å². The molecular formula is C23H20F6N6O2. The van der Waals surface area contributed by atoms with Gasteiger partial charge in [0.15, 0.2) is 0 Å². The Morgan fingerprint density at radius 3 is 2.22 bits per heavy atom. The summed E-state index contributed by atoms with van der Waals surface area (Å²) in [5.41, 5.74) is -1.45. The van der Waals surface area contributed by atoms with Crippen LogP contribution in [0.25, 0.3) is 11.4 Å². The van der Waals surface area contributed by atoms with E-state index in [9.17, 15) is 31.1 Å². The highest BCUT2D eigenvalue weighted by Crippen LogP contribution is 2.42. The van der Waals surface area contributed by atoms with Gasteiger partial charge >= 0.3 is 18.4 Å². The number of nitrogens with one attached hydrogen (secondary N) is 2. The molecule has 3 aromatic rings. The van der Waals surface area contributed by atoms with Crippen molar-refractivity contribution in [2.24, 2.45) is 0 Å². The number of benzene rings is 2. The Kier molecular flexibility index (Phi) is 6.20. The van der Waals surface area contributed by atoms with Crippen molar-refractivity contribution >= 4 is 11.7 Å². The van der Waals surface area contributed by atoms with E-state index in [4.69, 9.17) is 4.74 Å². The summed E-state index contributed by atoms with van der Waals surface area (Å²) in [5, 5.41) is 15.6. The second-order valence-corrected chi connectivity index (χ2v) is 8.95. The number of piperidine rings is 1. The number of anilines is 1. The number of carbonyl (C=O) groups is 1. The third kappa shape index (κ3) is 5.18. The van der Waals surface area contributed by atoms with Crippen molar-refractivity contribution in [3.8, 4) is 17.1 Å². The van der Waals surface area contributed by atoms with E-state index in [0.717, 1.165) is 18.2 Å². The number of carbonyl (C=O) groups excluding carboxylic acids is 1. The minimum atomic E-state index is -4.68. The first-order chi connectivity index (χ1) is 17.5. The molecule has 14 heteroatoms. The van der Waals surface area contributed by atoms with Gasteiger partial charge in [-0.1, -0.05) is 0 Å². The van der Waals surface area contributed by atoms with Crippen molar-refractivity contribution in [1.29, 1.82) is 0 Å². The van der Waals surface area contributed by atoms with Gasteiger partial charge in [-0.15, -0.1) is 10.2 Å². The molecule has 2 aromatic carbocycles. The molecule has 196 valence electrons. The highest BCUT2D eigenvalue weighted by atomic mass is 19.4. The molecule has 2 atom stereocenters. The van der Waals surface area contributed by atoms with Crippen molar-refractivity contribution in [3.05, 3.63) is 53.6 Å². The fourth-order valence-corrected chi connectivity index (χ4v) is 4.94. The van der Waals surface area contributed by atoms with Crippen LogP contribution in [0.5, 0.6) is 5.75 Å². The number of rotatable bonds is 4. The number of alkyl halides is 6. The minimum absolute atomic E-state index is 0.0162. The van der Waals surface area contributed by atoms with Crippen LogP contribution in [0.15, 0.2) is 42.5 Å². The Hall–Kier alpha value is -3.84. The number of urea groups is 1. The Labute approximate surface area is 206 Å². The predicted octanol–water partition coefficient (Wildman–Crippen LogP) is 5.51. The van der Waals surface area contributed by atoms with Crippen molar-refractivity contribution in [3.63, 3.8) is 0 Å². The Morgan fingerprint density at radius 2 is 1.65 bits per heavy atom. The number of aromatic nitrogens is 4. The lowest BCUT2D eigenvalue weighted by Crippen LogP contribution is -2.50. The topological polar surface area (TPSA) is 96.0 Å². The maximum absolute atomic E-state index is 13.8. The van der Waals surface area contributed by atoms with Gasteiger partial charge in [0.2, 0.25) is 5.82 Å². The second-order valence-electron chi connectivity index (χ2n) is 8.95. The monoisotopic (exact) mass is 526 g/mol. The van der Waals surface area contributed by atoms with E-state index < -0.39 is 35.6 Å². The molecule has 2 aliphatic rings. The molecule has 1 aromatic heterocycles. The van der Waals surface area contributed by atoms with Crippen LogP contribution in [-0.2, 0) is 12.4 Å². The SMILES string of the molecule is O=C(Nc1ccc(C(F)(F)F)cc1)N1C2CCC1CC(Oc1ccc(-c3nn[nH]n3)cc1C(F)(F)F)C2. The van der Waals surface area contributed by atoms with Crippen molar-refractivity contribution in [1.82, 2.24) is 25.5 Å². The highest BCUT2D eigenvalue weighted by molar-refractivity contribution is 5.90. The number of hydrogen-bond acceptors (Lipinski definition) is 5. The van der Waals surface area contributed by atoms with Crippen LogP contribution in [0, 0.1) is 0 Å². The molecule has 2 bridgehead atoms. The molecule has 2 saturated heterocycles. The maximum atomic E-state index is 13.8. The molecule has 0 saturated carbocycles. The van der Waals surface area contributed by atoms with Gasteiger partial charge in [0, 0.05) is 36.2 Å². The molecule has 0 aliphatic carbocycles. The van der Waals surface area contributed by atoms with E-state index in [0.29, 0.717) is 25.7 Å². The Balaban J connectivity index is 1.27. The average Bonchev–Trinajstić information content (AvgIpc) is 3.45.